The molecule has 2 saturated carbocycles. The molecule has 2 aliphatic carbocycles. The Hall–Kier alpha value is -0.140. The molecule has 0 aliphatic heterocycles. The predicted molar refractivity (Wildman–Crippen MR) is 39.5 cm³/mol. The molecule has 2 aliphatic rings. The van der Waals surface area contributed by atoms with Gasteiger partial charge in [0.05, 0.1) is 0 Å². The smallest absolute Gasteiger partial charge is 0.206 e. The fraction of sp³-hybridized carbons (Fsp3) is 1.00. The monoisotopic (exact) mass is 160 g/mol. The van der Waals surface area contributed by atoms with Crippen LogP contribution in [0, 0.1) is 23.7 Å². The summed E-state index contributed by atoms with van der Waals surface area (Å²) in [4.78, 5) is 0. The number of alkyl halides is 2. The van der Waals surface area contributed by atoms with Gasteiger partial charge in [0.25, 0.3) is 5.92 Å². The van der Waals surface area contributed by atoms with E-state index in [1.165, 1.54) is 0 Å². The molecule has 0 nitrogen and oxygen atoms in total. The summed E-state index contributed by atoms with van der Waals surface area (Å²) in [6.07, 6.45) is 2.09. The summed E-state index contributed by atoms with van der Waals surface area (Å²) in [5, 5.41) is 0. The number of halogens is 2. The minimum atomic E-state index is -2.31. The van der Waals surface area contributed by atoms with Crippen molar-refractivity contribution in [1.82, 2.24) is 0 Å². The molecule has 0 aromatic heterocycles. The maximum Gasteiger partial charge on any atom is 0.255 e. The zero-order chi connectivity index (χ0) is 8.22. The first-order chi connectivity index (χ1) is 5.05. The average Bonchev–Trinajstić information content (AvgIpc) is 2.63. The van der Waals surface area contributed by atoms with Crippen molar-refractivity contribution in [2.75, 3.05) is 0 Å². The van der Waals surface area contributed by atoms with Crippen LogP contribution < -0.4 is 0 Å². The summed E-state index contributed by atoms with van der Waals surface area (Å²) in [7, 11) is 0. The van der Waals surface area contributed by atoms with Gasteiger partial charge in [-0.15, -0.1) is 0 Å². The van der Waals surface area contributed by atoms with Crippen molar-refractivity contribution in [3.8, 4) is 0 Å². The van der Waals surface area contributed by atoms with Crippen LogP contribution in [0.15, 0.2) is 0 Å². The Morgan fingerprint density at radius 1 is 1.27 bits per heavy atom. The molecule has 2 fully saturated rings. The van der Waals surface area contributed by atoms with E-state index in [1.54, 1.807) is 0 Å². The van der Waals surface area contributed by atoms with E-state index in [-0.39, 0.29) is 17.8 Å². The van der Waals surface area contributed by atoms with Gasteiger partial charge in [0.15, 0.2) is 0 Å². The van der Waals surface area contributed by atoms with Gasteiger partial charge in [0.1, 0.15) is 0 Å². The van der Waals surface area contributed by atoms with E-state index in [0.29, 0.717) is 5.92 Å². The molecular formula is C9H14F2. The van der Waals surface area contributed by atoms with Crippen molar-refractivity contribution >= 4 is 0 Å². The summed E-state index contributed by atoms with van der Waals surface area (Å²) < 4.78 is 26.0. The van der Waals surface area contributed by atoms with Gasteiger partial charge in [0, 0.05) is 11.8 Å². The van der Waals surface area contributed by atoms with E-state index < -0.39 is 5.92 Å². The van der Waals surface area contributed by atoms with Crippen molar-refractivity contribution in [2.45, 2.75) is 32.6 Å². The molecule has 0 bridgehead atoms. The fourth-order valence-electron chi connectivity index (χ4n) is 2.30. The van der Waals surface area contributed by atoms with Gasteiger partial charge in [-0.2, -0.15) is 0 Å². The van der Waals surface area contributed by atoms with Crippen LogP contribution in [0.5, 0.6) is 0 Å². The topological polar surface area (TPSA) is 0 Å². The first-order valence-electron chi connectivity index (χ1n) is 4.43. The number of hydrogen-bond donors (Lipinski definition) is 0. The molecule has 2 rings (SSSR count). The van der Waals surface area contributed by atoms with Crippen LogP contribution in [0.25, 0.3) is 0 Å². The van der Waals surface area contributed by atoms with E-state index >= 15 is 0 Å². The minimum absolute atomic E-state index is 0.163. The molecule has 0 saturated heterocycles. The summed E-state index contributed by atoms with van der Waals surface area (Å²) in [6.45, 7) is 3.81. The first kappa shape index (κ1) is 7.51. The van der Waals surface area contributed by atoms with Gasteiger partial charge in [-0.3, -0.25) is 0 Å². The summed E-state index contributed by atoms with van der Waals surface area (Å²) in [5.41, 5.74) is 0. The second-order valence-corrected chi connectivity index (χ2v) is 4.31. The van der Waals surface area contributed by atoms with E-state index in [4.69, 9.17) is 0 Å². The van der Waals surface area contributed by atoms with Crippen LogP contribution in [0.2, 0.25) is 0 Å². The molecule has 0 amide bonds. The highest BCUT2D eigenvalue weighted by Gasteiger charge is 2.72. The Morgan fingerprint density at radius 2 is 1.82 bits per heavy atom. The Balaban J connectivity index is 2.03. The third kappa shape index (κ3) is 0.986. The van der Waals surface area contributed by atoms with Gasteiger partial charge < -0.3 is 0 Å². The molecule has 2 heteroatoms. The molecule has 0 N–H and O–H groups in total. The van der Waals surface area contributed by atoms with Crippen molar-refractivity contribution in [3.63, 3.8) is 0 Å². The molecule has 11 heavy (non-hydrogen) atoms. The number of rotatable bonds is 2. The summed E-state index contributed by atoms with van der Waals surface area (Å²) in [5.74, 6) is -2.32. The highest BCUT2D eigenvalue weighted by molar-refractivity contribution is 5.11. The predicted octanol–water partition coefficient (Wildman–Crippen LogP) is 2.93. The number of hydrogen-bond acceptors (Lipinski definition) is 0. The highest BCUT2D eigenvalue weighted by atomic mass is 19.3. The van der Waals surface area contributed by atoms with Gasteiger partial charge in [-0.25, -0.2) is 8.78 Å². The lowest BCUT2D eigenvalue weighted by atomic mass is 10.1. The summed E-state index contributed by atoms with van der Waals surface area (Å²) in [6, 6.07) is 0. The van der Waals surface area contributed by atoms with Crippen molar-refractivity contribution in [1.29, 1.82) is 0 Å². The van der Waals surface area contributed by atoms with E-state index in [1.807, 2.05) is 13.8 Å². The lowest BCUT2D eigenvalue weighted by Crippen LogP contribution is -1.99. The highest BCUT2D eigenvalue weighted by Crippen LogP contribution is 2.66. The molecule has 2 atom stereocenters. The second-order valence-electron chi connectivity index (χ2n) is 4.31. The Kier molecular flexibility index (Phi) is 1.34. The zero-order valence-electron chi connectivity index (χ0n) is 6.98. The molecular weight excluding hydrogens is 146 g/mol. The van der Waals surface area contributed by atoms with E-state index in [9.17, 15) is 8.78 Å². The Morgan fingerprint density at radius 3 is 2.09 bits per heavy atom. The molecule has 64 valence electrons. The van der Waals surface area contributed by atoms with Crippen molar-refractivity contribution in [3.05, 3.63) is 0 Å². The van der Waals surface area contributed by atoms with Gasteiger partial charge in [-0.05, 0) is 24.7 Å². The Bertz CT molecular complexity index is 160. The van der Waals surface area contributed by atoms with Gasteiger partial charge in [0.2, 0.25) is 0 Å². The SMILES string of the molecule is CC(C)[C@H]1[C@H](C2CC2)C1(F)F. The van der Waals surface area contributed by atoms with Crippen LogP contribution in [0.3, 0.4) is 0 Å². The van der Waals surface area contributed by atoms with Crippen molar-refractivity contribution < 1.29 is 8.78 Å². The molecule has 0 unspecified atom stereocenters. The van der Waals surface area contributed by atoms with Crippen LogP contribution >= 0.6 is 0 Å². The standard InChI is InChI=1S/C9H14F2/c1-5(2)7-8(6-3-4-6)9(7,10)11/h5-8H,3-4H2,1-2H3/t7-,8-/m0/s1. The first-order valence-corrected chi connectivity index (χ1v) is 4.43. The van der Waals surface area contributed by atoms with E-state index in [2.05, 4.69) is 0 Å². The maximum absolute atomic E-state index is 13.0. The third-order valence-corrected chi connectivity index (χ3v) is 3.01. The van der Waals surface area contributed by atoms with Crippen LogP contribution in [0.1, 0.15) is 26.7 Å². The zero-order valence-corrected chi connectivity index (χ0v) is 6.98. The van der Waals surface area contributed by atoms with E-state index in [0.717, 1.165) is 12.8 Å². The quantitative estimate of drug-likeness (QED) is 0.582. The largest absolute Gasteiger partial charge is 0.255 e. The average molecular weight is 160 g/mol. The molecule has 0 spiro atoms. The van der Waals surface area contributed by atoms with Crippen LogP contribution in [-0.2, 0) is 0 Å². The minimum Gasteiger partial charge on any atom is -0.206 e. The maximum atomic E-state index is 13.0. The lowest BCUT2D eigenvalue weighted by Gasteiger charge is -1.99. The third-order valence-electron chi connectivity index (χ3n) is 3.01. The lowest BCUT2D eigenvalue weighted by molar-refractivity contribution is 0.0740. The van der Waals surface area contributed by atoms with Crippen LogP contribution in [0.4, 0.5) is 8.78 Å². The Labute approximate surface area is 66.0 Å². The molecule has 0 radical (unpaired) electrons. The second kappa shape index (κ2) is 1.96. The molecule has 0 aromatic carbocycles. The van der Waals surface area contributed by atoms with Crippen LogP contribution in [-0.4, -0.2) is 5.92 Å². The van der Waals surface area contributed by atoms with Crippen molar-refractivity contribution in [2.24, 2.45) is 23.7 Å². The molecule has 0 aromatic rings. The molecule has 0 heterocycles. The summed E-state index contributed by atoms with van der Waals surface area (Å²) >= 11 is 0. The normalized spacial score (nSPS) is 41.2. The van der Waals surface area contributed by atoms with Gasteiger partial charge >= 0.3 is 0 Å². The fourth-order valence-corrected chi connectivity index (χ4v) is 2.30. The van der Waals surface area contributed by atoms with Gasteiger partial charge in [-0.1, -0.05) is 13.8 Å².